The molecule has 0 atom stereocenters. The van der Waals surface area contributed by atoms with Gasteiger partial charge < -0.3 is 5.73 Å². The Bertz CT molecular complexity index is 820. The minimum Gasteiger partial charge on any atom is -0.389 e. The van der Waals surface area contributed by atoms with E-state index >= 15 is 0 Å². The van der Waals surface area contributed by atoms with Crippen LogP contribution in [0, 0.1) is 13.8 Å². The van der Waals surface area contributed by atoms with Crippen LogP contribution in [0.5, 0.6) is 0 Å². The second-order valence-electron chi connectivity index (χ2n) is 4.66. The van der Waals surface area contributed by atoms with Gasteiger partial charge in [-0.05, 0) is 31.4 Å². The Morgan fingerprint density at radius 2 is 1.80 bits per heavy atom. The molecule has 1 heterocycles. The number of thiocarbonyl (C=S) groups is 1. The number of fused-ring (bicyclic) bond motifs is 1. The summed E-state index contributed by atoms with van der Waals surface area (Å²) in [6.45, 7) is 3.82. The lowest BCUT2D eigenvalue weighted by Crippen LogP contribution is -2.11. The molecule has 0 saturated carbocycles. The van der Waals surface area contributed by atoms with Gasteiger partial charge in [-0.25, -0.2) is 9.67 Å². The Labute approximate surface area is 122 Å². The Morgan fingerprint density at radius 3 is 2.40 bits per heavy atom. The molecule has 0 radical (unpaired) electrons. The van der Waals surface area contributed by atoms with Crippen LogP contribution in [0.2, 0.25) is 0 Å². The van der Waals surface area contributed by atoms with Crippen LogP contribution in [-0.4, -0.2) is 19.8 Å². The van der Waals surface area contributed by atoms with Crippen molar-refractivity contribution in [3.63, 3.8) is 0 Å². The molecule has 4 nitrogen and oxygen atoms in total. The molecule has 0 amide bonds. The van der Waals surface area contributed by atoms with Crippen molar-refractivity contribution in [3.05, 3.63) is 53.6 Å². The van der Waals surface area contributed by atoms with Gasteiger partial charge in [-0.15, -0.1) is 0 Å². The van der Waals surface area contributed by atoms with Gasteiger partial charge in [0.25, 0.3) is 0 Å². The first kappa shape index (κ1) is 12.7. The summed E-state index contributed by atoms with van der Waals surface area (Å²) < 4.78 is 1.85. The molecule has 0 bridgehead atoms. The van der Waals surface area contributed by atoms with E-state index in [0.717, 1.165) is 33.7 Å². The molecule has 1 aromatic heterocycles. The van der Waals surface area contributed by atoms with Gasteiger partial charge in [0.15, 0.2) is 0 Å². The summed E-state index contributed by atoms with van der Waals surface area (Å²) in [5.74, 6) is 1.61. The molecule has 20 heavy (non-hydrogen) atoms. The highest BCUT2D eigenvalue weighted by Gasteiger charge is 2.12. The average molecular weight is 282 g/mol. The van der Waals surface area contributed by atoms with E-state index in [2.05, 4.69) is 10.1 Å². The van der Waals surface area contributed by atoms with Crippen molar-refractivity contribution in [2.24, 2.45) is 5.73 Å². The van der Waals surface area contributed by atoms with Crippen LogP contribution in [0.4, 0.5) is 0 Å². The molecule has 2 aromatic carbocycles. The van der Waals surface area contributed by atoms with Gasteiger partial charge in [0.05, 0.1) is 5.69 Å². The molecule has 2 N–H and O–H groups in total. The van der Waals surface area contributed by atoms with Gasteiger partial charge in [-0.2, -0.15) is 5.10 Å². The Balaban J connectivity index is 2.36. The van der Waals surface area contributed by atoms with Gasteiger partial charge >= 0.3 is 0 Å². The number of rotatable bonds is 2. The van der Waals surface area contributed by atoms with E-state index in [1.165, 1.54) is 0 Å². The first-order valence-corrected chi connectivity index (χ1v) is 6.71. The van der Waals surface area contributed by atoms with E-state index in [4.69, 9.17) is 18.0 Å². The van der Waals surface area contributed by atoms with E-state index in [-0.39, 0.29) is 0 Å². The van der Waals surface area contributed by atoms with Crippen LogP contribution in [-0.2, 0) is 0 Å². The lowest BCUT2D eigenvalue weighted by atomic mass is 10.0. The van der Waals surface area contributed by atoms with Crippen LogP contribution >= 0.6 is 12.2 Å². The van der Waals surface area contributed by atoms with Crippen LogP contribution < -0.4 is 5.73 Å². The van der Waals surface area contributed by atoms with Crippen LogP contribution in [0.3, 0.4) is 0 Å². The molecule has 100 valence electrons. The minimum absolute atomic E-state index is 0.402. The number of nitrogens with zero attached hydrogens (tertiary/aromatic N) is 3. The Morgan fingerprint density at radius 1 is 1.10 bits per heavy atom. The topological polar surface area (TPSA) is 56.7 Å². The van der Waals surface area contributed by atoms with Crippen molar-refractivity contribution in [3.8, 4) is 5.69 Å². The van der Waals surface area contributed by atoms with E-state index in [0.29, 0.717) is 4.99 Å². The number of aromatic nitrogens is 3. The molecule has 0 aliphatic rings. The predicted octanol–water partition coefficient (Wildman–Crippen LogP) is 2.67. The smallest absolute Gasteiger partial charge is 0.148 e. The zero-order valence-corrected chi connectivity index (χ0v) is 12.1. The first-order valence-electron chi connectivity index (χ1n) is 6.30. The zero-order valence-electron chi connectivity index (χ0n) is 11.3. The maximum atomic E-state index is 5.80. The monoisotopic (exact) mass is 282 g/mol. The maximum Gasteiger partial charge on any atom is 0.148 e. The van der Waals surface area contributed by atoms with Crippen molar-refractivity contribution in [2.45, 2.75) is 13.8 Å². The van der Waals surface area contributed by atoms with Crippen molar-refractivity contribution >= 4 is 28.0 Å². The summed E-state index contributed by atoms with van der Waals surface area (Å²) in [4.78, 5) is 4.76. The zero-order chi connectivity index (χ0) is 14.3. The lowest BCUT2D eigenvalue weighted by Gasteiger charge is -2.11. The highest BCUT2D eigenvalue weighted by Crippen LogP contribution is 2.26. The molecule has 5 heteroatoms. The molecule has 0 aliphatic carbocycles. The SMILES string of the molecule is Cc1nc(C)n(-c2ccc(C(N)=S)c3ccccc23)n1. The van der Waals surface area contributed by atoms with Crippen molar-refractivity contribution in [1.29, 1.82) is 0 Å². The fraction of sp³-hybridized carbons (Fsp3) is 0.133. The van der Waals surface area contributed by atoms with Crippen molar-refractivity contribution < 1.29 is 0 Å². The molecule has 0 unspecified atom stereocenters. The fourth-order valence-electron chi connectivity index (χ4n) is 2.43. The number of nitrogens with two attached hydrogens (primary N) is 1. The third-order valence-corrected chi connectivity index (χ3v) is 3.49. The lowest BCUT2D eigenvalue weighted by molar-refractivity contribution is 0.837. The number of aryl methyl sites for hydroxylation is 2. The first-order chi connectivity index (χ1) is 9.58. The van der Waals surface area contributed by atoms with Crippen molar-refractivity contribution in [1.82, 2.24) is 14.8 Å². The molecule has 0 spiro atoms. The molecule has 0 aliphatic heterocycles. The van der Waals surface area contributed by atoms with Gasteiger partial charge in [0, 0.05) is 10.9 Å². The molecule has 3 rings (SSSR count). The average Bonchev–Trinajstić information content (AvgIpc) is 2.76. The Kier molecular flexibility index (Phi) is 2.99. The number of hydrogen-bond donors (Lipinski definition) is 1. The molecular formula is C15H14N4S. The summed E-state index contributed by atoms with van der Waals surface area (Å²) in [7, 11) is 0. The van der Waals surface area contributed by atoms with E-state index in [9.17, 15) is 0 Å². The molecular weight excluding hydrogens is 268 g/mol. The van der Waals surface area contributed by atoms with Gasteiger partial charge in [0.2, 0.25) is 0 Å². The van der Waals surface area contributed by atoms with Crippen LogP contribution in [0.15, 0.2) is 36.4 Å². The van der Waals surface area contributed by atoms with Crippen molar-refractivity contribution in [2.75, 3.05) is 0 Å². The molecule has 0 fully saturated rings. The van der Waals surface area contributed by atoms with E-state index in [1.54, 1.807) is 0 Å². The quantitative estimate of drug-likeness (QED) is 0.734. The van der Waals surface area contributed by atoms with Gasteiger partial charge in [0.1, 0.15) is 16.6 Å². The van der Waals surface area contributed by atoms with Crippen LogP contribution in [0.25, 0.3) is 16.5 Å². The van der Waals surface area contributed by atoms with E-state index < -0.39 is 0 Å². The molecule has 0 saturated heterocycles. The largest absolute Gasteiger partial charge is 0.389 e. The standard InChI is InChI=1S/C15H14N4S/c1-9-17-10(2)19(18-9)14-8-7-13(15(16)20)11-5-3-4-6-12(11)14/h3-8H,1-2H3,(H2,16,20). The highest BCUT2D eigenvalue weighted by molar-refractivity contribution is 7.80. The maximum absolute atomic E-state index is 5.80. The van der Waals surface area contributed by atoms with Gasteiger partial charge in [-0.3, -0.25) is 0 Å². The molecule has 3 aromatic rings. The number of hydrogen-bond acceptors (Lipinski definition) is 3. The summed E-state index contributed by atoms with van der Waals surface area (Å²) >= 11 is 5.12. The second-order valence-corrected chi connectivity index (χ2v) is 5.10. The summed E-state index contributed by atoms with van der Waals surface area (Å²) in [6.07, 6.45) is 0. The normalized spacial score (nSPS) is 10.9. The number of benzene rings is 2. The predicted molar refractivity (Wildman–Crippen MR) is 84.2 cm³/mol. The third-order valence-electron chi connectivity index (χ3n) is 3.27. The summed E-state index contributed by atoms with van der Waals surface area (Å²) in [6, 6.07) is 12.0. The highest BCUT2D eigenvalue weighted by atomic mass is 32.1. The summed E-state index contributed by atoms with van der Waals surface area (Å²) in [5, 5.41) is 6.54. The second kappa shape index (κ2) is 4.68. The Hall–Kier alpha value is -2.27. The summed E-state index contributed by atoms with van der Waals surface area (Å²) in [5.41, 5.74) is 7.67. The third kappa shape index (κ3) is 1.96. The van der Waals surface area contributed by atoms with Gasteiger partial charge in [-0.1, -0.05) is 36.5 Å². The fourth-order valence-corrected chi connectivity index (χ4v) is 2.61. The minimum atomic E-state index is 0.402. The van der Waals surface area contributed by atoms with Crippen LogP contribution in [0.1, 0.15) is 17.2 Å². The van der Waals surface area contributed by atoms with E-state index in [1.807, 2.05) is 54.9 Å².